The second kappa shape index (κ2) is 9.32. The fourth-order valence-corrected chi connectivity index (χ4v) is 5.88. The maximum atomic E-state index is 13.6. The average molecular weight is 463 g/mol. The zero-order chi connectivity index (χ0) is 23.7. The van der Waals surface area contributed by atoms with Crippen molar-refractivity contribution < 1.29 is 9.59 Å². The molecule has 2 heterocycles. The van der Waals surface area contributed by atoms with Crippen LogP contribution < -0.4 is 9.99 Å². The van der Waals surface area contributed by atoms with Crippen LogP contribution in [0.15, 0.2) is 11.2 Å². The van der Waals surface area contributed by atoms with E-state index < -0.39 is 5.41 Å². The molecule has 1 aliphatic heterocycles. The van der Waals surface area contributed by atoms with Gasteiger partial charge in [0.2, 0.25) is 0 Å². The molecule has 2 aliphatic rings. The molecule has 3 amide bonds. The van der Waals surface area contributed by atoms with Crippen molar-refractivity contribution in [2.45, 2.75) is 105 Å². The topological polar surface area (TPSA) is 66.7 Å². The molecule has 0 aromatic carbocycles. The first-order valence-electron chi connectivity index (χ1n) is 12.3. The van der Waals surface area contributed by atoms with Gasteiger partial charge in [-0.05, 0) is 76.2 Å². The molecule has 2 atom stereocenters. The summed E-state index contributed by atoms with van der Waals surface area (Å²) in [4.78, 5) is 33.0. The summed E-state index contributed by atoms with van der Waals surface area (Å²) in [5.41, 5.74) is 0.154. The van der Waals surface area contributed by atoms with Gasteiger partial charge in [0.1, 0.15) is 4.67 Å². The Hall–Kier alpha value is -1.63. The average Bonchev–Trinajstić information content (AvgIpc) is 3.42. The molecular weight excluding hydrogens is 420 g/mol. The number of aromatic nitrogens is 1. The molecule has 180 valence electrons. The van der Waals surface area contributed by atoms with E-state index >= 15 is 0 Å². The largest absolute Gasteiger partial charge is 0.335 e. The fraction of sp³-hybridized carbons (Fsp3) is 0.800. The molecular formula is C25H42N4O2S. The molecule has 1 aromatic heterocycles. The van der Waals surface area contributed by atoms with Crippen LogP contribution in [0.3, 0.4) is 0 Å². The van der Waals surface area contributed by atoms with E-state index in [1.807, 2.05) is 11.8 Å². The van der Waals surface area contributed by atoms with E-state index in [9.17, 15) is 9.59 Å². The second-order valence-electron chi connectivity index (χ2n) is 11.4. The Bertz CT molecular complexity index is 902. The van der Waals surface area contributed by atoms with Crippen molar-refractivity contribution in [3.63, 3.8) is 0 Å². The highest BCUT2D eigenvalue weighted by Crippen LogP contribution is 2.53. The van der Waals surface area contributed by atoms with Crippen LogP contribution in [0.2, 0.25) is 0 Å². The van der Waals surface area contributed by atoms with Gasteiger partial charge in [-0.25, -0.2) is 9.79 Å². The number of urea groups is 1. The van der Waals surface area contributed by atoms with Gasteiger partial charge < -0.3 is 10.2 Å². The Labute approximate surface area is 197 Å². The van der Waals surface area contributed by atoms with Crippen LogP contribution in [-0.4, -0.2) is 39.9 Å². The number of carbonyl (C=O) groups is 2. The van der Waals surface area contributed by atoms with Crippen molar-refractivity contribution in [2.75, 3.05) is 13.1 Å². The molecule has 1 aliphatic carbocycles. The fourth-order valence-electron chi connectivity index (χ4n) is 4.85. The standard InChI is InChI=1S/C25H42N4O2S/c1-8-9-12-18-17-29(23(2,3)4)32-20(18)27-21(30)25(7)14-13-19(24(25,5)6)26-22(31)28-15-10-11-16-28/h17,19H,8-16H2,1-7H3,(H,26,31)/t19-,25-/m0/s1. The summed E-state index contributed by atoms with van der Waals surface area (Å²) in [5, 5.41) is 3.24. The molecule has 0 radical (unpaired) electrons. The summed E-state index contributed by atoms with van der Waals surface area (Å²) in [6.07, 6.45) is 9.01. The summed E-state index contributed by atoms with van der Waals surface area (Å²) in [7, 11) is 0. The smallest absolute Gasteiger partial charge is 0.317 e. The highest BCUT2D eigenvalue weighted by molar-refractivity contribution is 7.04. The van der Waals surface area contributed by atoms with E-state index in [1.165, 1.54) is 5.56 Å². The molecule has 0 unspecified atom stereocenters. The number of rotatable bonds is 5. The Morgan fingerprint density at radius 3 is 2.47 bits per heavy atom. The van der Waals surface area contributed by atoms with Gasteiger partial charge in [-0.1, -0.05) is 34.1 Å². The number of likely N-dealkylation sites (tertiary alicyclic amines) is 1. The molecule has 0 spiro atoms. The Balaban J connectivity index is 1.85. The number of nitrogens with zero attached hydrogens (tertiary/aromatic N) is 3. The highest BCUT2D eigenvalue weighted by atomic mass is 32.1. The van der Waals surface area contributed by atoms with Crippen LogP contribution in [-0.2, 0) is 16.8 Å². The van der Waals surface area contributed by atoms with Crippen LogP contribution in [0.4, 0.5) is 4.79 Å². The van der Waals surface area contributed by atoms with E-state index in [2.05, 4.69) is 57.0 Å². The molecule has 32 heavy (non-hydrogen) atoms. The van der Waals surface area contributed by atoms with Gasteiger partial charge in [-0.3, -0.25) is 8.75 Å². The third kappa shape index (κ3) is 4.82. The van der Waals surface area contributed by atoms with Crippen LogP contribution in [0, 0.1) is 10.8 Å². The number of hydrogen-bond donors (Lipinski definition) is 1. The third-order valence-corrected chi connectivity index (χ3v) is 9.16. The first-order valence-corrected chi connectivity index (χ1v) is 13.0. The minimum absolute atomic E-state index is 0.0144. The number of unbranched alkanes of at least 4 members (excludes halogenated alkanes) is 1. The van der Waals surface area contributed by atoms with Crippen molar-refractivity contribution in [2.24, 2.45) is 15.8 Å². The highest BCUT2D eigenvalue weighted by Gasteiger charge is 2.56. The Morgan fingerprint density at radius 2 is 1.88 bits per heavy atom. The van der Waals surface area contributed by atoms with Crippen LogP contribution >= 0.6 is 11.5 Å². The lowest BCUT2D eigenvalue weighted by Gasteiger charge is -2.39. The van der Waals surface area contributed by atoms with Crippen molar-refractivity contribution in [1.82, 2.24) is 14.2 Å². The summed E-state index contributed by atoms with van der Waals surface area (Å²) in [5.74, 6) is -0.0546. The Morgan fingerprint density at radius 1 is 1.22 bits per heavy atom. The third-order valence-electron chi connectivity index (χ3n) is 7.79. The SMILES string of the molecule is CCCCc1cn(C(C)(C)C)sc1=NC(=O)[C@]1(C)CC[C@H](NC(=O)N2CCCC2)C1(C)C. The first kappa shape index (κ1) is 25.0. The van der Waals surface area contributed by atoms with E-state index in [-0.39, 0.29) is 28.9 Å². The predicted octanol–water partition coefficient (Wildman–Crippen LogP) is 5.07. The van der Waals surface area contributed by atoms with Crippen molar-refractivity contribution in [1.29, 1.82) is 0 Å². The molecule has 2 fully saturated rings. The summed E-state index contributed by atoms with van der Waals surface area (Å²) in [6.45, 7) is 16.6. The van der Waals surface area contributed by atoms with Crippen LogP contribution in [0.5, 0.6) is 0 Å². The first-order chi connectivity index (χ1) is 14.9. The summed E-state index contributed by atoms with van der Waals surface area (Å²) >= 11 is 1.58. The van der Waals surface area contributed by atoms with Crippen molar-refractivity contribution in [3.05, 3.63) is 16.4 Å². The van der Waals surface area contributed by atoms with Crippen LogP contribution in [0.1, 0.15) is 92.6 Å². The lowest BCUT2D eigenvalue weighted by Crippen LogP contribution is -2.52. The van der Waals surface area contributed by atoms with E-state index in [0.717, 1.165) is 62.7 Å². The minimum Gasteiger partial charge on any atom is -0.335 e. The number of aryl methyl sites for hydroxylation is 1. The zero-order valence-corrected chi connectivity index (χ0v) is 21.9. The quantitative estimate of drug-likeness (QED) is 0.663. The molecule has 1 saturated heterocycles. The molecule has 7 heteroatoms. The van der Waals surface area contributed by atoms with E-state index in [0.29, 0.717) is 0 Å². The van der Waals surface area contributed by atoms with Gasteiger partial charge >= 0.3 is 6.03 Å². The number of hydrogen-bond acceptors (Lipinski definition) is 3. The maximum Gasteiger partial charge on any atom is 0.317 e. The molecule has 0 bridgehead atoms. The molecule has 1 saturated carbocycles. The van der Waals surface area contributed by atoms with Gasteiger partial charge in [0.15, 0.2) is 0 Å². The van der Waals surface area contributed by atoms with Gasteiger partial charge in [0.25, 0.3) is 5.91 Å². The van der Waals surface area contributed by atoms with Gasteiger partial charge in [0, 0.05) is 36.4 Å². The number of amides is 3. The summed E-state index contributed by atoms with van der Waals surface area (Å²) < 4.78 is 3.06. The molecule has 1 aromatic rings. The second-order valence-corrected chi connectivity index (χ2v) is 12.3. The van der Waals surface area contributed by atoms with Crippen molar-refractivity contribution >= 4 is 23.5 Å². The van der Waals surface area contributed by atoms with Gasteiger partial charge in [0.05, 0.1) is 5.41 Å². The lowest BCUT2D eigenvalue weighted by molar-refractivity contribution is -0.132. The monoisotopic (exact) mass is 462 g/mol. The zero-order valence-electron chi connectivity index (χ0n) is 21.1. The normalized spacial score (nSPS) is 26.0. The van der Waals surface area contributed by atoms with E-state index in [1.54, 1.807) is 11.5 Å². The van der Waals surface area contributed by atoms with E-state index in [4.69, 9.17) is 4.99 Å². The minimum atomic E-state index is -0.603. The molecule has 1 N–H and O–H groups in total. The molecule has 3 rings (SSSR count). The maximum absolute atomic E-state index is 13.6. The number of carbonyl (C=O) groups excluding carboxylic acids is 2. The van der Waals surface area contributed by atoms with Crippen LogP contribution in [0.25, 0.3) is 0 Å². The lowest BCUT2D eigenvalue weighted by atomic mass is 9.67. The van der Waals surface area contributed by atoms with Gasteiger partial charge in [-0.2, -0.15) is 0 Å². The number of nitrogens with one attached hydrogen (secondary N) is 1. The van der Waals surface area contributed by atoms with Gasteiger partial charge in [-0.15, -0.1) is 0 Å². The summed E-state index contributed by atoms with van der Waals surface area (Å²) in [6, 6.07) is -0.0114. The Kier molecular flexibility index (Phi) is 7.28. The molecule has 6 nitrogen and oxygen atoms in total. The van der Waals surface area contributed by atoms with Crippen molar-refractivity contribution in [3.8, 4) is 0 Å². The predicted molar refractivity (Wildman–Crippen MR) is 131 cm³/mol.